The lowest BCUT2D eigenvalue weighted by Crippen LogP contribution is -2.32. The molecule has 1 heterocycles. The molecule has 0 aromatic heterocycles. The molecule has 1 aromatic rings. The van der Waals surface area contributed by atoms with E-state index in [1.54, 1.807) is 0 Å². The van der Waals surface area contributed by atoms with Crippen LogP contribution in [0.25, 0.3) is 0 Å². The summed E-state index contributed by atoms with van der Waals surface area (Å²) < 4.78 is 1.14. The molecule has 3 rings (SSSR count). The second-order valence-corrected chi connectivity index (χ2v) is 8.42. The van der Waals surface area contributed by atoms with Crippen molar-refractivity contribution in [2.24, 2.45) is 10.9 Å². The van der Waals surface area contributed by atoms with Gasteiger partial charge in [0.05, 0.1) is 11.2 Å². The minimum absolute atomic E-state index is 0.206. The van der Waals surface area contributed by atoms with Gasteiger partial charge in [-0.05, 0) is 72.4 Å². The molecule has 108 valence electrons. The Labute approximate surface area is 143 Å². The van der Waals surface area contributed by atoms with Gasteiger partial charge in [0.15, 0.2) is 5.17 Å². The highest BCUT2D eigenvalue weighted by atomic mass is 127. The fourth-order valence-corrected chi connectivity index (χ4v) is 5.01. The highest BCUT2D eigenvalue weighted by molar-refractivity contribution is 14.1. The van der Waals surface area contributed by atoms with E-state index in [1.807, 2.05) is 30.0 Å². The fraction of sp³-hybridized carbons (Fsp3) is 0.533. The van der Waals surface area contributed by atoms with Crippen LogP contribution in [0.5, 0.6) is 0 Å². The number of thioether (sulfide) groups is 1. The van der Waals surface area contributed by atoms with Crippen molar-refractivity contribution in [3.05, 3.63) is 26.8 Å². The lowest BCUT2D eigenvalue weighted by Gasteiger charge is -2.32. The molecule has 1 spiro atoms. The van der Waals surface area contributed by atoms with Gasteiger partial charge in [-0.25, -0.2) is 0 Å². The van der Waals surface area contributed by atoms with E-state index in [1.165, 1.54) is 25.7 Å². The van der Waals surface area contributed by atoms with E-state index in [9.17, 15) is 0 Å². The Morgan fingerprint density at radius 1 is 1.40 bits per heavy atom. The van der Waals surface area contributed by atoms with Crippen molar-refractivity contribution in [3.8, 4) is 0 Å². The van der Waals surface area contributed by atoms with E-state index in [4.69, 9.17) is 16.6 Å². The zero-order chi connectivity index (χ0) is 14.2. The van der Waals surface area contributed by atoms with Crippen molar-refractivity contribution in [1.82, 2.24) is 0 Å². The van der Waals surface area contributed by atoms with Crippen LogP contribution in [0.4, 0.5) is 5.69 Å². The lowest BCUT2D eigenvalue weighted by molar-refractivity contribution is 0.273. The van der Waals surface area contributed by atoms with Crippen molar-refractivity contribution in [2.45, 2.75) is 38.1 Å². The summed E-state index contributed by atoms with van der Waals surface area (Å²) in [7, 11) is 0. The lowest BCUT2D eigenvalue weighted by atomic mass is 9.79. The summed E-state index contributed by atoms with van der Waals surface area (Å²) in [4.78, 5) is 5.00. The number of rotatable bonds is 1. The average molecular weight is 421 g/mol. The molecule has 1 N–H and O–H groups in total. The van der Waals surface area contributed by atoms with Gasteiger partial charge in [0.25, 0.3) is 0 Å². The van der Waals surface area contributed by atoms with E-state index in [-0.39, 0.29) is 5.54 Å². The van der Waals surface area contributed by atoms with E-state index < -0.39 is 0 Å². The summed E-state index contributed by atoms with van der Waals surface area (Å²) in [5.41, 5.74) is 1.31. The largest absolute Gasteiger partial charge is 0.334 e. The van der Waals surface area contributed by atoms with Crippen LogP contribution in [0.1, 0.15) is 32.6 Å². The maximum atomic E-state index is 6.00. The summed E-state index contributed by atoms with van der Waals surface area (Å²) in [5.74, 6) is 2.00. The molecule has 0 bridgehead atoms. The van der Waals surface area contributed by atoms with Crippen molar-refractivity contribution in [1.29, 1.82) is 0 Å². The van der Waals surface area contributed by atoms with Crippen molar-refractivity contribution >= 4 is 56.8 Å². The van der Waals surface area contributed by atoms with Crippen LogP contribution in [0.2, 0.25) is 5.02 Å². The number of benzene rings is 1. The van der Waals surface area contributed by atoms with Crippen LogP contribution in [-0.4, -0.2) is 16.5 Å². The Hall–Kier alpha value is 0.0600. The molecule has 1 aliphatic heterocycles. The van der Waals surface area contributed by atoms with Crippen molar-refractivity contribution in [3.63, 3.8) is 0 Å². The van der Waals surface area contributed by atoms with Gasteiger partial charge in [-0.2, -0.15) is 0 Å². The van der Waals surface area contributed by atoms with Gasteiger partial charge in [-0.3, -0.25) is 4.99 Å². The number of nitrogens with zero attached hydrogens (tertiary/aromatic N) is 1. The molecular formula is C15H18ClIN2S. The summed E-state index contributed by atoms with van der Waals surface area (Å²) in [6, 6.07) is 5.92. The first-order valence-corrected chi connectivity index (χ1v) is 9.45. The van der Waals surface area contributed by atoms with E-state index >= 15 is 0 Å². The molecule has 5 heteroatoms. The van der Waals surface area contributed by atoms with E-state index in [0.717, 1.165) is 31.1 Å². The molecule has 0 unspecified atom stereocenters. The summed E-state index contributed by atoms with van der Waals surface area (Å²) >= 11 is 10.2. The average Bonchev–Trinajstić information content (AvgIpc) is 2.80. The van der Waals surface area contributed by atoms with Gasteiger partial charge in [-0.15, -0.1) is 0 Å². The first-order valence-electron chi connectivity index (χ1n) is 7.01. The van der Waals surface area contributed by atoms with Gasteiger partial charge in [0.2, 0.25) is 0 Å². The monoisotopic (exact) mass is 420 g/mol. The molecule has 2 nitrogen and oxygen atoms in total. The predicted molar refractivity (Wildman–Crippen MR) is 98.0 cm³/mol. The third-order valence-corrected chi connectivity index (χ3v) is 6.47. The van der Waals surface area contributed by atoms with E-state index in [0.29, 0.717) is 0 Å². The third-order valence-electron chi connectivity index (χ3n) is 4.19. The zero-order valence-corrected chi connectivity index (χ0v) is 15.2. The molecule has 0 radical (unpaired) electrons. The van der Waals surface area contributed by atoms with Gasteiger partial charge in [-0.1, -0.05) is 30.3 Å². The second-order valence-electron chi connectivity index (χ2n) is 5.86. The normalized spacial score (nSPS) is 29.6. The van der Waals surface area contributed by atoms with Crippen LogP contribution in [0.3, 0.4) is 0 Å². The Bertz CT molecular complexity index is 539. The number of hydrogen-bond acceptors (Lipinski definition) is 3. The number of hydrogen-bond donors (Lipinski definition) is 1. The Kier molecular flexibility index (Phi) is 4.53. The summed E-state index contributed by atoms with van der Waals surface area (Å²) in [6.07, 6.45) is 5.11. The first kappa shape index (κ1) is 15.0. The number of nitrogens with one attached hydrogen (secondary N) is 1. The SMILES string of the molecule is CC1CCC2(CC1)CSC(Nc1ccc(Cl)cc1I)=N2. The van der Waals surface area contributed by atoms with Crippen LogP contribution >= 0.6 is 46.0 Å². The highest BCUT2D eigenvalue weighted by Gasteiger charge is 2.38. The second kappa shape index (κ2) is 6.05. The molecule has 1 saturated carbocycles. The molecule has 2 aliphatic rings. The van der Waals surface area contributed by atoms with Gasteiger partial charge < -0.3 is 5.32 Å². The first-order chi connectivity index (χ1) is 9.56. The fourth-order valence-electron chi connectivity index (χ4n) is 2.81. The Balaban J connectivity index is 1.72. The maximum Gasteiger partial charge on any atom is 0.161 e. The van der Waals surface area contributed by atoms with Crippen LogP contribution in [-0.2, 0) is 0 Å². The topological polar surface area (TPSA) is 24.4 Å². The molecule has 0 atom stereocenters. The van der Waals surface area contributed by atoms with Crippen LogP contribution in [0, 0.1) is 9.49 Å². The quantitative estimate of drug-likeness (QED) is 0.614. The number of aliphatic imine (C=N–C) groups is 1. The number of anilines is 1. The van der Waals surface area contributed by atoms with Crippen molar-refractivity contribution < 1.29 is 0 Å². The minimum atomic E-state index is 0.206. The minimum Gasteiger partial charge on any atom is -0.334 e. The summed E-state index contributed by atoms with van der Waals surface area (Å²) in [6.45, 7) is 2.36. The maximum absolute atomic E-state index is 6.00. The van der Waals surface area contributed by atoms with Crippen molar-refractivity contribution in [2.75, 3.05) is 11.1 Å². The molecule has 1 aliphatic carbocycles. The van der Waals surface area contributed by atoms with E-state index in [2.05, 4.69) is 34.8 Å². The number of halogens is 2. The molecule has 0 amide bonds. The third kappa shape index (κ3) is 3.28. The Morgan fingerprint density at radius 2 is 2.15 bits per heavy atom. The molecule has 1 fully saturated rings. The Morgan fingerprint density at radius 3 is 2.85 bits per heavy atom. The molecule has 20 heavy (non-hydrogen) atoms. The van der Waals surface area contributed by atoms with Gasteiger partial charge >= 0.3 is 0 Å². The smallest absolute Gasteiger partial charge is 0.161 e. The molecule has 0 saturated heterocycles. The number of amidine groups is 1. The summed E-state index contributed by atoms with van der Waals surface area (Å²) in [5, 5.41) is 5.31. The van der Waals surface area contributed by atoms with Gasteiger partial charge in [0.1, 0.15) is 0 Å². The predicted octanol–water partition coefficient (Wildman–Crippen LogP) is 5.41. The zero-order valence-electron chi connectivity index (χ0n) is 11.5. The van der Waals surface area contributed by atoms with Crippen LogP contribution < -0.4 is 5.32 Å². The standard InChI is InChI=1S/C15H18ClIN2S/c1-10-4-6-15(7-5-10)9-20-14(19-15)18-13-3-2-11(16)8-12(13)17/h2-3,8,10H,4-7,9H2,1H3,(H,18,19). The molecular weight excluding hydrogens is 403 g/mol. The van der Waals surface area contributed by atoms with Crippen LogP contribution in [0.15, 0.2) is 23.2 Å². The molecule has 1 aromatic carbocycles. The van der Waals surface area contributed by atoms with Gasteiger partial charge in [0, 0.05) is 14.3 Å². The highest BCUT2D eigenvalue weighted by Crippen LogP contribution is 2.41.